The van der Waals surface area contributed by atoms with E-state index >= 15 is 0 Å². The molecule has 9 rings (SSSR count). The first-order chi connectivity index (χ1) is 21.8. The van der Waals surface area contributed by atoms with E-state index in [-0.39, 0.29) is 0 Å². The summed E-state index contributed by atoms with van der Waals surface area (Å²) in [5.41, 5.74) is 9.81. The van der Waals surface area contributed by atoms with Gasteiger partial charge in [-0.3, -0.25) is 0 Å². The SMILES string of the molecule is c1ccc(-c2nc(-c3ccc4c(c3)c3ccccc3n4-c3ccccc3)cc(-c3cccc4c3oc3ccccc34)n2)cc1. The Kier molecular flexibility index (Phi) is 5.47. The maximum atomic E-state index is 6.42. The summed E-state index contributed by atoms with van der Waals surface area (Å²) in [6.07, 6.45) is 0. The van der Waals surface area contributed by atoms with Crippen molar-refractivity contribution in [1.82, 2.24) is 14.5 Å². The third-order valence-corrected chi connectivity index (χ3v) is 8.42. The highest BCUT2D eigenvalue weighted by Crippen LogP contribution is 2.38. The summed E-state index contributed by atoms with van der Waals surface area (Å²) in [5.74, 6) is 0.679. The molecule has 0 aliphatic heterocycles. The molecule has 3 heterocycles. The van der Waals surface area contributed by atoms with Crippen molar-refractivity contribution in [3.8, 4) is 39.6 Å². The van der Waals surface area contributed by atoms with Crippen LogP contribution >= 0.6 is 0 Å². The molecule has 206 valence electrons. The smallest absolute Gasteiger partial charge is 0.160 e. The van der Waals surface area contributed by atoms with Crippen LogP contribution in [0.5, 0.6) is 0 Å². The van der Waals surface area contributed by atoms with E-state index in [1.54, 1.807) is 0 Å². The van der Waals surface area contributed by atoms with Crippen LogP contribution in [0.15, 0.2) is 156 Å². The second-order valence-electron chi connectivity index (χ2n) is 11.0. The predicted molar refractivity (Wildman–Crippen MR) is 180 cm³/mol. The number of benzene rings is 6. The minimum absolute atomic E-state index is 0.679. The van der Waals surface area contributed by atoms with E-state index in [2.05, 4.69) is 120 Å². The molecule has 4 heteroatoms. The van der Waals surface area contributed by atoms with Crippen LogP contribution in [-0.2, 0) is 0 Å². The van der Waals surface area contributed by atoms with Gasteiger partial charge in [0.2, 0.25) is 0 Å². The quantitative estimate of drug-likeness (QED) is 0.214. The van der Waals surface area contributed by atoms with Crippen LogP contribution in [0.3, 0.4) is 0 Å². The standard InChI is InChI=1S/C40H25N3O/c1-3-12-26(13-4-1)40-41-34(25-35(42-40)32-19-11-18-31-30-17-8-10-21-38(30)44-39(31)32)27-22-23-37-33(24-27)29-16-7-9-20-36(29)43(37)28-14-5-2-6-15-28/h1-25H. The lowest BCUT2D eigenvalue weighted by atomic mass is 10.0. The van der Waals surface area contributed by atoms with Crippen molar-refractivity contribution < 1.29 is 4.42 Å². The Morgan fingerprint density at radius 2 is 1.14 bits per heavy atom. The summed E-state index contributed by atoms with van der Waals surface area (Å²) in [6.45, 7) is 0. The molecule has 0 aliphatic carbocycles. The number of para-hydroxylation sites is 4. The predicted octanol–water partition coefficient (Wildman–Crippen LogP) is 10.5. The first-order valence-corrected chi connectivity index (χ1v) is 14.8. The molecule has 0 atom stereocenters. The van der Waals surface area contributed by atoms with Gasteiger partial charge >= 0.3 is 0 Å². The van der Waals surface area contributed by atoms with Gasteiger partial charge < -0.3 is 8.98 Å². The topological polar surface area (TPSA) is 43.9 Å². The van der Waals surface area contributed by atoms with Gasteiger partial charge in [-0.15, -0.1) is 0 Å². The lowest BCUT2D eigenvalue weighted by molar-refractivity contribution is 0.670. The van der Waals surface area contributed by atoms with Gasteiger partial charge in [0.1, 0.15) is 11.2 Å². The number of rotatable bonds is 4. The fourth-order valence-electron chi connectivity index (χ4n) is 6.39. The Bertz CT molecular complexity index is 2490. The number of nitrogens with zero attached hydrogens (tertiary/aromatic N) is 3. The molecule has 4 nitrogen and oxygen atoms in total. The van der Waals surface area contributed by atoms with Gasteiger partial charge in [-0.25, -0.2) is 9.97 Å². The van der Waals surface area contributed by atoms with Gasteiger partial charge in [-0.05, 0) is 48.5 Å². The van der Waals surface area contributed by atoms with Crippen molar-refractivity contribution in [2.75, 3.05) is 0 Å². The fourth-order valence-corrected chi connectivity index (χ4v) is 6.39. The normalized spacial score (nSPS) is 11.6. The van der Waals surface area contributed by atoms with Crippen molar-refractivity contribution in [3.05, 3.63) is 152 Å². The van der Waals surface area contributed by atoms with Gasteiger partial charge in [-0.2, -0.15) is 0 Å². The third-order valence-electron chi connectivity index (χ3n) is 8.42. The van der Waals surface area contributed by atoms with Gasteiger partial charge in [0, 0.05) is 43.9 Å². The summed E-state index contributed by atoms with van der Waals surface area (Å²) in [4.78, 5) is 10.2. The highest BCUT2D eigenvalue weighted by Gasteiger charge is 2.18. The molecule has 0 fully saturated rings. The fraction of sp³-hybridized carbons (Fsp3) is 0. The van der Waals surface area contributed by atoms with Crippen molar-refractivity contribution >= 4 is 43.7 Å². The van der Waals surface area contributed by atoms with Crippen LogP contribution in [0.4, 0.5) is 0 Å². The van der Waals surface area contributed by atoms with E-state index in [0.29, 0.717) is 5.82 Å². The molecule has 0 spiro atoms. The van der Waals surface area contributed by atoms with E-state index < -0.39 is 0 Å². The maximum Gasteiger partial charge on any atom is 0.160 e. The monoisotopic (exact) mass is 563 g/mol. The molecule has 0 N–H and O–H groups in total. The summed E-state index contributed by atoms with van der Waals surface area (Å²) in [6, 6.07) is 52.5. The Labute approximate surface area is 253 Å². The van der Waals surface area contributed by atoms with Gasteiger partial charge in [0.05, 0.1) is 22.4 Å². The van der Waals surface area contributed by atoms with Crippen LogP contribution in [0.2, 0.25) is 0 Å². The van der Waals surface area contributed by atoms with Crippen LogP contribution in [0.25, 0.3) is 83.3 Å². The first kappa shape index (κ1) is 24.6. The zero-order valence-electron chi connectivity index (χ0n) is 23.7. The lowest BCUT2D eigenvalue weighted by Gasteiger charge is -2.11. The van der Waals surface area contributed by atoms with Crippen LogP contribution in [-0.4, -0.2) is 14.5 Å². The summed E-state index contributed by atoms with van der Waals surface area (Å²) in [7, 11) is 0. The molecule has 0 unspecified atom stereocenters. The molecule has 44 heavy (non-hydrogen) atoms. The average molecular weight is 564 g/mol. The number of furan rings is 1. The van der Waals surface area contributed by atoms with Crippen molar-refractivity contribution in [1.29, 1.82) is 0 Å². The molecule has 0 radical (unpaired) electrons. The van der Waals surface area contributed by atoms with E-state index in [4.69, 9.17) is 14.4 Å². The van der Waals surface area contributed by atoms with Gasteiger partial charge in [0.15, 0.2) is 5.82 Å². The van der Waals surface area contributed by atoms with Crippen molar-refractivity contribution in [3.63, 3.8) is 0 Å². The molecule has 0 saturated heterocycles. The van der Waals surface area contributed by atoms with E-state index in [1.165, 1.54) is 16.3 Å². The Balaban J connectivity index is 1.29. The second-order valence-corrected chi connectivity index (χ2v) is 11.0. The number of aromatic nitrogens is 3. The Morgan fingerprint density at radius 1 is 0.455 bits per heavy atom. The second kappa shape index (κ2) is 9.79. The summed E-state index contributed by atoms with van der Waals surface area (Å²) < 4.78 is 8.75. The average Bonchev–Trinajstić information content (AvgIpc) is 3.64. The first-order valence-electron chi connectivity index (χ1n) is 14.8. The summed E-state index contributed by atoms with van der Waals surface area (Å²) in [5, 5.41) is 4.57. The number of fused-ring (bicyclic) bond motifs is 6. The van der Waals surface area contributed by atoms with E-state index in [9.17, 15) is 0 Å². The molecule has 3 aromatic heterocycles. The molecular weight excluding hydrogens is 538 g/mol. The van der Waals surface area contributed by atoms with E-state index in [0.717, 1.165) is 61.2 Å². The maximum absolute atomic E-state index is 6.42. The Morgan fingerprint density at radius 3 is 2.00 bits per heavy atom. The number of hydrogen-bond acceptors (Lipinski definition) is 3. The van der Waals surface area contributed by atoms with Crippen LogP contribution in [0.1, 0.15) is 0 Å². The zero-order valence-corrected chi connectivity index (χ0v) is 23.7. The third kappa shape index (κ3) is 3.85. The zero-order chi connectivity index (χ0) is 29.0. The molecule has 0 saturated carbocycles. The minimum Gasteiger partial charge on any atom is -0.455 e. The largest absolute Gasteiger partial charge is 0.455 e. The van der Waals surface area contributed by atoms with Crippen LogP contribution in [0, 0.1) is 0 Å². The van der Waals surface area contributed by atoms with Gasteiger partial charge in [-0.1, -0.05) is 103 Å². The van der Waals surface area contributed by atoms with Crippen molar-refractivity contribution in [2.45, 2.75) is 0 Å². The minimum atomic E-state index is 0.679. The van der Waals surface area contributed by atoms with E-state index in [1.807, 2.05) is 36.4 Å². The highest BCUT2D eigenvalue weighted by molar-refractivity contribution is 6.11. The Hall–Kier alpha value is -6.00. The molecule has 0 bridgehead atoms. The van der Waals surface area contributed by atoms with Crippen molar-refractivity contribution in [2.24, 2.45) is 0 Å². The van der Waals surface area contributed by atoms with Gasteiger partial charge in [0.25, 0.3) is 0 Å². The molecule has 0 amide bonds. The molecule has 9 aromatic rings. The van der Waals surface area contributed by atoms with Crippen LogP contribution < -0.4 is 0 Å². The lowest BCUT2D eigenvalue weighted by Crippen LogP contribution is -1.96. The number of hydrogen-bond donors (Lipinski definition) is 0. The molecule has 0 aliphatic rings. The molecule has 6 aromatic carbocycles. The highest BCUT2D eigenvalue weighted by atomic mass is 16.3. The summed E-state index contributed by atoms with van der Waals surface area (Å²) >= 11 is 0. The molecular formula is C40H25N3O.